The van der Waals surface area contributed by atoms with Crippen molar-refractivity contribution in [3.8, 4) is 0 Å². The number of halogens is 1. The molecule has 2 aromatic rings. The van der Waals surface area contributed by atoms with Crippen molar-refractivity contribution in [3.63, 3.8) is 0 Å². The predicted molar refractivity (Wildman–Crippen MR) is 77.8 cm³/mol. The maximum Gasteiger partial charge on any atom is 0.334 e. The smallest absolute Gasteiger partial charge is 0.334 e. The first kappa shape index (κ1) is 15.2. The average molecular weight is 320 g/mol. The van der Waals surface area contributed by atoms with Crippen LogP contribution in [0.5, 0.6) is 0 Å². The summed E-state index contributed by atoms with van der Waals surface area (Å²) in [6, 6.07) is 4.86. The van der Waals surface area contributed by atoms with Crippen LogP contribution in [0.3, 0.4) is 0 Å². The van der Waals surface area contributed by atoms with Crippen LogP contribution in [0.4, 0.5) is 4.39 Å². The summed E-state index contributed by atoms with van der Waals surface area (Å²) < 4.78 is 18.4. The van der Waals surface area contributed by atoms with Crippen molar-refractivity contribution in [1.82, 2.24) is 9.88 Å². The normalized spacial score (nSPS) is 18.1. The molecule has 1 aliphatic heterocycles. The third kappa shape index (κ3) is 2.93. The highest BCUT2D eigenvalue weighted by molar-refractivity contribution is 6.06. The van der Waals surface area contributed by atoms with E-state index in [9.17, 15) is 18.8 Å². The van der Waals surface area contributed by atoms with Gasteiger partial charge in [0.05, 0.1) is 24.2 Å². The highest BCUT2D eigenvalue weighted by Gasteiger charge is 2.30. The summed E-state index contributed by atoms with van der Waals surface area (Å²) in [5, 5.41) is 9.39. The largest absolute Gasteiger partial charge is 0.479 e. The Morgan fingerprint density at radius 1 is 1.35 bits per heavy atom. The minimum Gasteiger partial charge on any atom is -0.479 e. The quantitative estimate of drug-likeness (QED) is 0.844. The summed E-state index contributed by atoms with van der Waals surface area (Å²) in [5.41, 5.74) is -0.215. The van der Waals surface area contributed by atoms with E-state index in [2.05, 4.69) is 4.98 Å². The molecule has 0 saturated carbocycles. The van der Waals surface area contributed by atoms with Crippen LogP contribution in [0.25, 0.3) is 10.9 Å². The number of carboxylic acid groups (broad SMARTS) is 1. The molecule has 2 heterocycles. The van der Waals surface area contributed by atoms with Gasteiger partial charge < -0.3 is 19.7 Å². The molecule has 1 amide bonds. The second-order valence-electron chi connectivity index (χ2n) is 5.19. The van der Waals surface area contributed by atoms with E-state index in [1.165, 1.54) is 17.0 Å². The first-order valence-corrected chi connectivity index (χ1v) is 6.92. The number of nitrogens with one attached hydrogen (secondary N) is 1. The molecular weight excluding hydrogens is 307 g/mol. The Kier molecular flexibility index (Phi) is 3.83. The van der Waals surface area contributed by atoms with E-state index in [4.69, 9.17) is 9.84 Å². The van der Waals surface area contributed by atoms with Gasteiger partial charge in [-0.1, -0.05) is 0 Å². The molecule has 1 aliphatic rings. The molecule has 120 valence electrons. The zero-order chi connectivity index (χ0) is 16.6. The van der Waals surface area contributed by atoms with Gasteiger partial charge in [-0.05, 0) is 18.2 Å². The van der Waals surface area contributed by atoms with Crippen LogP contribution in [0.2, 0.25) is 0 Å². The molecule has 1 saturated heterocycles. The zero-order valence-electron chi connectivity index (χ0n) is 11.9. The van der Waals surface area contributed by atoms with E-state index >= 15 is 0 Å². The number of nitrogens with zero attached hydrogens (tertiary/aromatic N) is 1. The Bertz CT molecular complexity index is 847. The van der Waals surface area contributed by atoms with Crippen molar-refractivity contribution in [2.24, 2.45) is 0 Å². The molecule has 3 rings (SSSR count). The number of H-pyrrole nitrogens is 1. The highest BCUT2D eigenvalue weighted by atomic mass is 19.1. The lowest BCUT2D eigenvalue weighted by Gasteiger charge is -2.31. The number of ether oxygens (including phenoxy) is 1. The number of amides is 1. The van der Waals surface area contributed by atoms with Gasteiger partial charge >= 0.3 is 5.97 Å². The standard InChI is InChI=1S/C15H13FN2O5/c16-8-1-2-9-10(6-13(19)17-11(9)5-8)14(20)18-3-4-23-12(7-18)15(21)22/h1-2,5-6,12H,3-4,7H2,(H,17,19)(H,21,22). The molecular formula is C15H13FN2O5. The van der Waals surface area contributed by atoms with Gasteiger partial charge in [0, 0.05) is 18.0 Å². The topological polar surface area (TPSA) is 99.7 Å². The van der Waals surface area contributed by atoms with E-state index in [1.807, 2.05) is 0 Å². The summed E-state index contributed by atoms with van der Waals surface area (Å²) in [7, 11) is 0. The number of hydrogen-bond acceptors (Lipinski definition) is 4. The first-order valence-electron chi connectivity index (χ1n) is 6.92. The third-order valence-electron chi connectivity index (χ3n) is 3.66. The lowest BCUT2D eigenvalue weighted by atomic mass is 10.1. The van der Waals surface area contributed by atoms with Crippen molar-refractivity contribution in [2.75, 3.05) is 19.7 Å². The Hall–Kier alpha value is -2.74. The molecule has 8 heteroatoms. The van der Waals surface area contributed by atoms with Gasteiger partial charge in [0.15, 0.2) is 6.10 Å². The second-order valence-corrected chi connectivity index (χ2v) is 5.19. The number of pyridine rings is 1. The molecule has 1 aromatic carbocycles. The summed E-state index contributed by atoms with van der Waals surface area (Å²) in [4.78, 5) is 39.2. The molecule has 1 fully saturated rings. The van der Waals surface area contributed by atoms with Crippen LogP contribution >= 0.6 is 0 Å². The van der Waals surface area contributed by atoms with Crippen molar-refractivity contribution < 1.29 is 23.8 Å². The minimum absolute atomic E-state index is 0.0957. The van der Waals surface area contributed by atoms with Crippen LogP contribution < -0.4 is 5.56 Å². The monoisotopic (exact) mass is 320 g/mol. The zero-order valence-corrected chi connectivity index (χ0v) is 11.9. The molecule has 2 N–H and O–H groups in total. The van der Waals surface area contributed by atoms with Crippen molar-refractivity contribution in [3.05, 3.63) is 46.0 Å². The van der Waals surface area contributed by atoms with Gasteiger partial charge in [-0.25, -0.2) is 9.18 Å². The van der Waals surface area contributed by atoms with E-state index in [-0.39, 0.29) is 30.8 Å². The van der Waals surface area contributed by atoms with Gasteiger partial charge in [0.1, 0.15) is 5.82 Å². The lowest BCUT2D eigenvalue weighted by Crippen LogP contribution is -2.48. The van der Waals surface area contributed by atoms with Gasteiger partial charge in [0.25, 0.3) is 5.91 Å². The lowest BCUT2D eigenvalue weighted by molar-refractivity contribution is -0.154. The molecule has 0 aliphatic carbocycles. The molecule has 1 unspecified atom stereocenters. The number of hydrogen-bond donors (Lipinski definition) is 2. The fourth-order valence-corrected chi connectivity index (χ4v) is 2.56. The second kappa shape index (κ2) is 5.81. The van der Waals surface area contributed by atoms with Crippen molar-refractivity contribution >= 4 is 22.8 Å². The highest BCUT2D eigenvalue weighted by Crippen LogP contribution is 2.19. The van der Waals surface area contributed by atoms with Crippen LogP contribution in [0.15, 0.2) is 29.1 Å². The van der Waals surface area contributed by atoms with Crippen LogP contribution in [-0.2, 0) is 9.53 Å². The van der Waals surface area contributed by atoms with Gasteiger partial charge in [-0.15, -0.1) is 0 Å². The number of rotatable bonds is 2. The van der Waals surface area contributed by atoms with E-state index in [1.54, 1.807) is 0 Å². The van der Waals surface area contributed by atoms with Crippen LogP contribution in [-0.4, -0.2) is 52.7 Å². The first-order chi connectivity index (χ1) is 11.0. The number of aliphatic carboxylic acids is 1. The van der Waals surface area contributed by atoms with Gasteiger partial charge in [-0.3, -0.25) is 9.59 Å². The minimum atomic E-state index is -1.15. The number of morpholine rings is 1. The average Bonchev–Trinajstić information content (AvgIpc) is 2.53. The number of aromatic amines is 1. The molecule has 0 spiro atoms. The Morgan fingerprint density at radius 3 is 2.87 bits per heavy atom. The van der Waals surface area contributed by atoms with E-state index in [0.717, 1.165) is 12.1 Å². The van der Waals surface area contributed by atoms with E-state index < -0.39 is 29.4 Å². The fourth-order valence-electron chi connectivity index (χ4n) is 2.56. The molecule has 0 bridgehead atoms. The van der Waals surface area contributed by atoms with Gasteiger partial charge in [0.2, 0.25) is 5.56 Å². The predicted octanol–water partition coefficient (Wildman–Crippen LogP) is 0.593. The Morgan fingerprint density at radius 2 is 2.13 bits per heavy atom. The fraction of sp³-hybridized carbons (Fsp3) is 0.267. The Labute approximate surface area is 129 Å². The van der Waals surface area contributed by atoms with Crippen LogP contribution in [0, 0.1) is 5.82 Å². The molecule has 0 radical (unpaired) electrons. The maximum atomic E-state index is 13.3. The number of carboxylic acids is 1. The molecule has 7 nitrogen and oxygen atoms in total. The third-order valence-corrected chi connectivity index (χ3v) is 3.66. The summed E-state index contributed by atoms with van der Waals surface area (Å²) >= 11 is 0. The molecule has 23 heavy (non-hydrogen) atoms. The summed E-state index contributed by atoms with van der Waals surface area (Å²) in [6.45, 7) is 0.209. The number of benzene rings is 1. The summed E-state index contributed by atoms with van der Waals surface area (Å²) in [5.74, 6) is -2.17. The maximum absolute atomic E-state index is 13.3. The Balaban J connectivity index is 2.00. The SMILES string of the molecule is O=C(O)C1CN(C(=O)c2cc(=O)[nH]c3cc(F)ccc23)CCO1. The van der Waals surface area contributed by atoms with Crippen LogP contribution in [0.1, 0.15) is 10.4 Å². The number of carbonyl (C=O) groups is 2. The van der Waals surface area contributed by atoms with E-state index in [0.29, 0.717) is 5.39 Å². The van der Waals surface area contributed by atoms with Gasteiger partial charge in [-0.2, -0.15) is 0 Å². The van der Waals surface area contributed by atoms with Crippen molar-refractivity contribution in [2.45, 2.75) is 6.10 Å². The molecule has 1 aromatic heterocycles. The summed E-state index contributed by atoms with van der Waals surface area (Å²) in [6.07, 6.45) is -1.10. The molecule has 1 atom stereocenters. The number of carbonyl (C=O) groups excluding carboxylic acids is 1. The number of fused-ring (bicyclic) bond motifs is 1. The van der Waals surface area contributed by atoms with Crippen molar-refractivity contribution in [1.29, 1.82) is 0 Å². The number of aromatic nitrogens is 1.